The van der Waals surface area contributed by atoms with E-state index in [2.05, 4.69) is 15.2 Å². The van der Waals surface area contributed by atoms with Gasteiger partial charge in [0.2, 0.25) is 11.8 Å². The highest BCUT2D eigenvalue weighted by Crippen LogP contribution is 2.33. The van der Waals surface area contributed by atoms with E-state index in [1.54, 1.807) is 6.92 Å². The monoisotopic (exact) mass is 305 g/mol. The Morgan fingerprint density at radius 1 is 1.18 bits per heavy atom. The molecule has 2 aliphatic rings. The van der Waals surface area contributed by atoms with E-state index in [9.17, 15) is 9.59 Å². The number of aromatic amines is 1. The molecule has 0 aromatic carbocycles. The molecule has 0 spiro atoms. The maximum atomic E-state index is 12.8. The average molecular weight is 305 g/mol. The van der Waals surface area contributed by atoms with Crippen molar-refractivity contribution in [1.29, 1.82) is 0 Å². The second kappa shape index (κ2) is 6.06. The Morgan fingerprint density at radius 2 is 1.91 bits per heavy atom. The van der Waals surface area contributed by atoms with Crippen LogP contribution in [-0.4, -0.2) is 56.4 Å². The van der Waals surface area contributed by atoms with Gasteiger partial charge in [-0.1, -0.05) is 0 Å². The molecular formula is C15H23N5O2. The largest absolute Gasteiger partial charge is 0.343 e. The zero-order valence-electron chi connectivity index (χ0n) is 13.2. The number of carbonyl (C=O) groups excluding carboxylic acids is 2. The third kappa shape index (κ3) is 2.84. The lowest BCUT2D eigenvalue weighted by Crippen LogP contribution is -2.43. The molecule has 3 heterocycles. The van der Waals surface area contributed by atoms with Crippen molar-refractivity contribution < 1.29 is 9.59 Å². The van der Waals surface area contributed by atoms with E-state index in [1.807, 2.05) is 16.7 Å². The summed E-state index contributed by atoms with van der Waals surface area (Å²) in [6.45, 7) is 5.61. The molecule has 1 N–H and O–H groups in total. The highest BCUT2D eigenvalue weighted by Gasteiger charge is 2.37. The molecule has 0 radical (unpaired) electrons. The maximum absolute atomic E-state index is 12.8. The van der Waals surface area contributed by atoms with Crippen LogP contribution in [0.5, 0.6) is 0 Å². The standard InChI is InChI=1S/C15H23N5O2/c1-10-16-14(18-17-10)13-4-3-7-20(13)15(22)12-5-8-19(9-6-12)11(2)21/h12-13H,3-9H2,1-2H3,(H,16,17,18). The average Bonchev–Trinajstić information content (AvgIpc) is 3.15. The van der Waals surface area contributed by atoms with Crippen LogP contribution >= 0.6 is 0 Å². The number of rotatable bonds is 2. The molecule has 2 amide bonds. The highest BCUT2D eigenvalue weighted by atomic mass is 16.2. The van der Waals surface area contributed by atoms with Gasteiger partial charge in [0.25, 0.3) is 0 Å². The number of hydrogen-bond acceptors (Lipinski definition) is 4. The summed E-state index contributed by atoms with van der Waals surface area (Å²) in [6, 6.07) is 0.00304. The van der Waals surface area contributed by atoms with Gasteiger partial charge in [0.05, 0.1) is 6.04 Å². The number of amides is 2. The summed E-state index contributed by atoms with van der Waals surface area (Å²) >= 11 is 0. The summed E-state index contributed by atoms with van der Waals surface area (Å²) in [6.07, 6.45) is 3.44. The maximum Gasteiger partial charge on any atom is 0.226 e. The number of aromatic nitrogens is 3. The Bertz CT molecular complexity index is 562. The SMILES string of the molecule is CC(=O)N1CCC(C(=O)N2CCCC2c2n[nH]c(C)n2)CC1. The van der Waals surface area contributed by atoms with Crippen LogP contribution in [0.25, 0.3) is 0 Å². The lowest BCUT2D eigenvalue weighted by atomic mass is 9.95. The van der Waals surface area contributed by atoms with Crippen LogP contribution in [0, 0.1) is 12.8 Å². The summed E-state index contributed by atoms with van der Waals surface area (Å²) < 4.78 is 0. The van der Waals surface area contributed by atoms with Gasteiger partial charge >= 0.3 is 0 Å². The zero-order chi connectivity index (χ0) is 15.7. The molecule has 2 aliphatic heterocycles. The summed E-state index contributed by atoms with van der Waals surface area (Å²) in [5.74, 6) is 1.83. The smallest absolute Gasteiger partial charge is 0.226 e. The molecule has 3 rings (SSSR count). The van der Waals surface area contributed by atoms with Crippen LogP contribution in [0.4, 0.5) is 0 Å². The molecule has 1 aromatic heterocycles. The molecule has 2 saturated heterocycles. The third-order valence-electron chi connectivity index (χ3n) is 4.74. The molecule has 1 unspecified atom stereocenters. The molecule has 1 aromatic rings. The van der Waals surface area contributed by atoms with Crippen molar-refractivity contribution in [3.05, 3.63) is 11.6 Å². The van der Waals surface area contributed by atoms with Gasteiger partial charge in [-0.15, -0.1) is 0 Å². The Morgan fingerprint density at radius 3 is 2.50 bits per heavy atom. The number of H-pyrrole nitrogens is 1. The Hall–Kier alpha value is -1.92. The van der Waals surface area contributed by atoms with Crippen molar-refractivity contribution in [3.63, 3.8) is 0 Å². The van der Waals surface area contributed by atoms with Crippen molar-refractivity contribution in [2.45, 2.75) is 45.6 Å². The van der Waals surface area contributed by atoms with E-state index in [4.69, 9.17) is 0 Å². The van der Waals surface area contributed by atoms with Crippen molar-refractivity contribution in [3.8, 4) is 0 Å². The zero-order valence-corrected chi connectivity index (χ0v) is 13.2. The van der Waals surface area contributed by atoms with E-state index in [0.717, 1.165) is 43.9 Å². The second-order valence-corrected chi connectivity index (χ2v) is 6.25. The third-order valence-corrected chi connectivity index (χ3v) is 4.74. The van der Waals surface area contributed by atoms with Crippen molar-refractivity contribution >= 4 is 11.8 Å². The summed E-state index contributed by atoms with van der Waals surface area (Å²) in [4.78, 5) is 32.4. The van der Waals surface area contributed by atoms with Gasteiger partial charge in [0, 0.05) is 32.5 Å². The van der Waals surface area contributed by atoms with E-state index < -0.39 is 0 Å². The minimum absolute atomic E-state index is 0.00304. The second-order valence-electron chi connectivity index (χ2n) is 6.25. The first-order valence-electron chi connectivity index (χ1n) is 8.01. The number of nitrogens with zero attached hydrogens (tertiary/aromatic N) is 4. The Kier molecular flexibility index (Phi) is 4.13. The van der Waals surface area contributed by atoms with Crippen molar-refractivity contribution in [2.24, 2.45) is 5.92 Å². The molecular weight excluding hydrogens is 282 g/mol. The molecule has 0 aliphatic carbocycles. The molecule has 7 nitrogen and oxygen atoms in total. The summed E-state index contributed by atoms with van der Waals surface area (Å²) in [7, 11) is 0. The lowest BCUT2D eigenvalue weighted by Gasteiger charge is -2.34. The molecule has 7 heteroatoms. The number of likely N-dealkylation sites (tertiary alicyclic amines) is 2. The van der Waals surface area contributed by atoms with Gasteiger partial charge in [0.1, 0.15) is 5.82 Å². The van der Waals surface area contributed by atoms with E-state index in [-0.39, 0.29) is 23.8 Å². The van der Waals surface area contributed by atoms with E-state index in [0.29, 0.717) is 13.1 Å². The van der Waals surface area contributed by atoms with Crippen LogP contribution in [0.3, 0.4) is 0 Å². The summed E-state index contributed by atoms with van der Waals surface area (Å²) in [5, 5.41) is 7.09. The normalized spacial score (nSPS) is 23.1. The van der Waals surface area contributed by atoms with Crippen LogP contribution in [0.15, 0.2) is 0 Å². The minimum Gasteiger partial charge on any atom is -0.343 e. The first-order chi connectivity index (χ1) is 10.6. The predicted molar refractivity (Wildman–Crippen MR) is 79.8 cm³/mol. The molecule has 1 atom stereocenters. The Labute approximate surface area is 130 Å². The number of hydrogen-bond donors (Lipinski definition) is 1. The fourth-order valence-corrected chi connectivity index (χ4v) is 3.48. The first-order valence-corrected chi connectivity index (χ1v) is 8.01. The van der Waals surface area contributed by atoms with Crippen LogP contribution in [0.2, 0.25) is 0 Å². The van der Waals surface area contributed by atoms with Gasteiger partial charge in [-0.3, -0.25) is 14.7 Å². The molecule has 22 heavy (non-hydrogen) atoms. The lowest BCUT2D eigenvalue weighted by molar-refractivity contribution is -0.141. The summed E-state index contributed by atoms with van der Waals surface area (Å²) in [5.41, 5.74) is 0. The van der Waals surface area contributed by atoms with Gasteiger partial charge in [-0.25, -0.2) is 4.98 Å². The number of nitrogens with one attached hydrogen (secondary N) is 1. The Balaban J connectivity index is 1.65. The van der Waals surface area contributed by atoms with Gasteiger partial charge in [-0.05, 0) is 32.6 Å². The molecule has 2 fully saturated rings. The van der Waals surface area contributed by atoms with Crippen LogP contribution in [0.1, 0.15) is 50.3 Å². The van der Waals surface area contributed by atoms with Crippen LogP contribution < -0.4 is 0 Å². The van der Waals surface area contributed by atoms with E-state index >= 15 is 0 Å². The quantitative estimate of drug-likeness (QED) is 0.885. The topological polar surface area (TPSA) is 82.2 Å². The van der Waals surface area contributed by atoms with Crippen molar-refractivity contribution in [2.75, 3.05) is 19.6 Å². The number of carbonyl (C=O) groups is 2. The number of piperidine rings is 1. The first kappa shape index (κ1) is 15.0. The van der Waals surface area contributed by atoms with Crippen LogP contribution in [-0.2, 0) is 9.59 Å². The molecule has 0 bridgehead atoms. The fourth-order valence-electron chi connectivity index (χ4n) is 3.48. The minimum atomic E-state index is 0.00304. The van der Waals surface area contributed by atoms with Gasteiger partial charge < -0.3 is 9.80 Å². The van der Waals surface area contributed by atoms with Gasteiger partial charge in [0.15, 0.2) is 5.82 Å². The van der Waals surface area contributed by atoms with E-state index in [1.165, 1.54) is 0 Å². The molecule has 120 valence electrons. The molecule has 0 saturated carbocycles. The highest BCUT2D eigenvalue weighted by molar-refractivity contribution is 5.80. The predicted octanol–water partition coefficient (Wildman–Crippen LogP) is 1.04. The number of aryl methyl sites for hydroxylation is 1. The van der Waals surface area contributed by atoms with Crippen molar-refractivity contribution in [1.82, 2.24) is 25.0 Å². The fraction of sp³-hybridized carbons (Fsp3) is 0.733. The van der Waals surface area contributed by atoms with Gasteiger partial charge in [-0.2, -0.15) is 5.10 Å².